The number of carbonyl (C=O) groups is 3. The van der Waals surface area contributed by atoms with Gasteiger partial charge in [0.25, 0.3) is 5.69 Å². The normalized spacial score (nSPS) is 16.2. The summed E-state index contributed by atoms with van der Waals surface area (Å²) in [5, 5.41) is 14.6. The Hall–Kier alpha value is -3.69. The van der Waals surface area contributed by atoms with Gasteiger partial charge in [-0.1, -0.05) is 18.2 Å². The molecule has 1 unspecified atom stereocenters. The van der Waals surface area contributed by atoms with Crippen molar-refractivity contribution in [3.05, 3.63) is 62.5 Å². The Bertz CT molecular complexity index is 1020. The first-order valence-corrected chi connectivity index (χ1v) is 9.76. The van der Waals surface area contributed by atoms with Crippen molar-refractivity contribution in [1.82, 2.24) is 5.32 Å². The van der Waals surface area contributed by atoms with Gasteiger partial charge in [0, 0.05) is 29.9 Å². The van der Waals surface area contributed by atoms with Crippen LogP contribution in [0.3, 0.4) is 0 Å². The molecule has 1 aromatic rings. The van der Waals surface area contributed by atoms with Crippen LogP contribution in [0.4, 0.5) is 5.69 Å². The molecule has 0 saturated carbocycles. The number of nitro benzene ring substituents is 1. The van der Waals surface area contributed by atoms with Crippen LogP contribution < -0.4 is 5.32 Å². The molecule has 1 heterocycles. The molecule has 2 rings (SSSR count). The number of nitrogens with one attached hydrogen (secondary N) is 1. The Kier molecular flexibility index (Phi) is 7.40. The van der Waals surface area contributed by atoms with Gasteiger partial charge in [0.15, 0.2) is 0 Å². The summed E-state index contributed by atoms with van der Waals surface area (Å²) in [6.45, 7) is 7.34. The van der Waals surface area contributed by atoms with E-state index in [0.717, 1.165) is 0 Å². The van der Waals surface area contributed by atoms with Gasteiger partial charge in [-0.2, -0.15) is 0 Å². The number of hydrogen-bond donors (Lipinski definition) is 1. The van der Waals surface area contributed by atoms with Crippen molar-refractivity contribution in [3.8, 4) is 0 Å². The molecule has 0 bridgehead atoms. The molecule has 0 amide bonds. The highest BCUT2D eigenvalue weighted by molar-refractivity contribution is 6.00. The summed E-state index contributed by atoms with van der Waals surface area (Å²) in [7, 11) is 1.18. The number of carbonyl (C=O) groups excluding carboxylic acids is 3. The smallest absolute Gasteiger partial charge is 0.336 e. The van der Waals surface area contributed by atoms with E-state index in [9.17, 15) is 24.5 Å². The van der Waals surface area contributed by atoms with E-state index >= 15 is 0 Å². The largest absolute Gasteiger partial charge is 0.466 e. The molecule has 0 fully saturated rings. The summed E-state index contributed by atoms with van der Waals surface area (Å²) in [4.78, 5) is 48.2. The molecule has 1 aliphatic rings. The molecule has 10 nitrogen and oxygen atoms in total. The van der Waals surface area contributed by atoms with Crippen molar-refractivity contribution in [3.63, 3.8) is 0 Å². The quantitative estimate of drug-likeness (QED) is 0.290. The van der Waals surface area contributed by atoms with E-state index in [1.54, 1.807) is 33.8 Å². The lowest BCUT2D eigenvalue weighted by Crippen LogP contribution is -2.36. The second kappa shape index (κ2) is 9.63. The highest BCUT2D eigenvalue weighted by Crippen LogP contribution is 2.42. The molecule has 10 heteroatoms. The first-order valence-electron chi connectivity index (χ1n) is 9.76. The topological polar surface area (TPSA) is 134 Å². The zero-order chi connectivity index (χ0) is 24.2. The molecule has 32 heavy (non-hydrogen) atoms. The van der Waals surface area contributed by atoms with Gasteiger partial charge in [0.2, 0.25) is 0 Å². The molecule has 0 radical (unpaired) electrons. The molecule has 1 N–H and O–H groups in total. The summed E-state index contributed by atoms with van der Waals surface area (Å²) < 4.78 is 15.4. The Labute approximate surface area is 185 Å². The van der Waals surface area contributed by atoms with Crippen LogP contribution in [-0.2, 0) is 28.6 Å². The highest BCUT2D eigenvalue weighted by Gasteiger charge is 2.41. The molecule has 0 saturated heterocycles. The molecule has 0 aliphatic carbocycles. The fourth-order valence-corrected chi connectivity index (χ4v) is 3.59. The Morgan fingerprint density at radius 2 is 1.66 bits per heavy atom. The predicted octanol–water partition coefficient (Wildman–Crippen LogP) is 2.89. The molecule has 1 atom stereocenters. The zero-order valence-electron chi connectivity index (χ0n) is 18.8. The Balaban J connectivity index is 2.58. The summed E-state index contributed by atoms with van der Waals surface area (Å²) in [6.07, 6.45) is 0. The highest BCUT2D eigenvalue weighted by atomic mass is 16.6. The minimum absolute atomic E-state index is 0.0175. The van der Waals surface area contributed by atoms with E-state index in [1.165, 1.54) is 32.2 Å². The van der Waals surface area contributed by atoms with E-state index < -0.39 is 34.4 Å². The maximum Gasteiger partial charge on any atom is 0.336 e. The lowest BCUT2D eigenvalue weighted by molar-refractivity contribution is -0.385. The van der Waals surface area contributed by atoms with Crippen LogP contribution in [0.2, 0.25) is 0 Å². The van der Waals surface area contributed by atoms with Crippen LogP contribution in [-0.4, -0.2) is 42.1 Å². The lowest BCUT2D eigenvalue weighted by atomic mass is 9.79. The van der Waals surface area contributed by atoms with E-state index in [4.69, 9.17) is 14.2 Å². The third kappa shape index (κ3) is 5.32. The van der Waals surface area contributed by atoms with Gasteiger partial charge in [-0.05, 0) is 27.7 Å². The van der Waals surface area contributed by atoms with E-state index in [1.807, 2.05) is 0 Å². The van der Waals surface area contributed by atoms with Gasteiger partial charge in [0.1, 0.15) is 12.2 Å². The number of esters is 3. The summed E-state index contributed by atoms with van der Waals surface area (Å²) in [5.41, 5.74) is -0.370. The first kappa shape index (κ1) is 24.6. The number of allylic oxidation sites excluding steroid dienone is 2. The molecule has 0 spiro atoms. The Morgan fingerprint density at radius 3 is 2.19 bits per heavy atom. The van der Waals surface area contributed by atoms with Crippen LogP contribution in [0.1, 0.15) is 46.1 Å². The number of nitrogens with zero attached hydrogens (tertiary/aromatic N) is 1. The van der Waals surface area contributed by atoms with Crippen LogP contribution in [0.5, 0.6) is 0 Å². The minimum Gasteiger partial charge on any atom is -0.466 e. The minimum atomic E-state index is -1.10. The van der Waals surface area contributed by atoms with Crippen LogP contribution in [0, 0.1) is 10.1 Å². The number of rotatable bonds is 7. The van der Waals surface area contributed by atoms with Crippen molar-refractivity contribution >= 4 is 23.6 Å². The summed E-state index contributed by atoms with van der Waals surface area (Å²) >= 11 is 0. The third-order valence-electron chi connectivity index (χ3n) is 4.80. The van der Waals surface area contributed by atoms with Gasteiger partial charge in [-0.25, -0.2) is 9.59 Å². The van der Waals surface area contributed by atoms with E-state index in [0.29, 0.717) is 11.4 Å². The van der Waals surface area contributed by atoms with Gasteiger partial charge in [-0.15, -0.1) is 0 Å². The fraction of sp³-hybridized carbons (Fsp3) is 0.409. The number of hydrogen-bond acceptors (Lipinski definition) is 9. The number of para-hydroxylation sites is 1. The summed E-state index contributed by atoms with van der Waals surface area (Å²) in [5.74, 6) is -3.19. The average Bonchev–Trinajstić information content (AvgIpc) is 2.70. The van der Waals surface area contributed by atoms with Crippen molar-refractivity contribution in [2.45, 2.75) is 46.1 Å². The third-order valence-corrected chi connectivity index (χ3v) is 4.80. The summed E-state index contributed by atoms with van der Waals surface area (Å²) in [6, 6.07) is 5.85. The van der Waals surface area contributed by atoms with Crippen molar-refractivity contribution in [2.24, 2.45) is 0 Å². The number of ether oxygens (including phenoxy) is 3. The predicted molar refractivity (Wildman–Crippen MR) is 113 cm³/mol. The van der Waals surface area contributed by atoms with Crippen LogP contribution in [0.15, 0.2) is 46.8 Å². The fourth-order valence-electron chi connectivity index (χ4n) is 3.59. The van der Waals surface area contributed by atoms with E-state index in [2.05, 4.69) is 5.32 Å². The second-order valence-corrected chi connectivity index (χ2v) is 7.87. The standard InChI is InChI=1S/C22H26N2O8/c1-12-17(20(26)30-6)19(15-9-7-8-10-16(15)24(28)29)18(13(2)23-12)21(27)31-11-22(4,5)32-14(3)25/h7-10,19,23H,11H2,1-6H3. The van der Waals surface area contributed by atoms with Gasteiger partial charge in [-0.3, -0.25) is 14.9 Å². The molecular weight excluding hydrogens is 420 g/mol. The number of benzene rings is 1. The average molecular weight is 446 g/mol. The SMILES string of the molecule is COC(=O)C1=C(C)NC(C)=C(C(=O)OCC(C)(C)OC(C)=O)C1c1ccccc1[N+](=O)[O-]. The molecule has 172 valence electrons. The van der Waals surface area contributed by atoms with Gasteiger partial charge < -0.3 is 19.5 Å². The molecule has 1 aromatic carbocycles. The molecular formula is C22H26N2O8. The van der Waals surface area contributed by atoms with Crippen LogP contribution in [0.25, 0.3) is 0 Å². The van der Waals surface area contributed by atoms with E-state index in [-0.39, 0.29) is 29.0 Å². The van der Waals surface area contributed by atoms with Gasteiger partial charge in [0.05, 0.1) is 29.1 Å². The second-order valence-electron chi connectivity index (χ2n) is 7.87. The van der Waals surface area contributed by atoms with Crippen LogP contribution >= 0.6 is 0 Å². The van der Waals surface area contributed by atoms with Crippen molar-refractivity contribution in [1.29, 1.82) is 0 Å². The number of methoxy groups -OCH3 is 1. The monoisotopic (exact) mass is 446 g/mol. The Morgan fingerprint density at radius 1 is 1.09 bits per heavy atom. The van der Waals surface area contributed by atoms with Crippen molar-refractivity contribution < 1.29 is 33.5 Å². The number of nitro groups is 1. The lowest BCUT2D eigenvalue weighted by Gasteiger charge is -2.31. The molecule has 0 aromatic heterocycles. The first-order chi connectivity index (χ1) is 14.9. The van der Waals surface area contributed by atoms with Crippen molar-refractivity contribution in [2.75, 3.05) is 13.7 Å². The van der Waals surface area contributed by atoms with Gasteiger partial charge >= 0.3 is 17.9 Å². The number of dihydropyridines is 1. The zero-order valence-corrected chi connectivity index (χ0v) is 18.8. The molecule has 1 aliphatic heterocycles. The maximum absolute atomic E-state index is 13.2. The maximum atomic E-state index is 13.2.